The normalized spacial score (nSPS) is 15.8. The molecule has 2 aromatic carbocycles. The van der Waals surface area contributed by atoms with Crippen molar-refractivity contribution in [3.05, 3.63) is 65.7 Å². The molecule has 3 nitrogen and oxygen atoms in total. The second-order valence-electron chi connectivity index (χ2n) is 6.34. The SMILES string of the molecule is O=C(CSc1ccc(F)c(F)c1)NCC(c1ccccc1)N1CCCC1. The Hall–Kier alpha value is -1.92. The minimum absolute atomic E-state index is 0.111. The van der Waals surface area contributed by atoms with Gasteiger partial charge in [0.25, 0.3) is 0 Å². The van der Waals surface area contributed by atoms with E-state index in [1.807, 2.05) is 18.2 Å². The van der Waals surface area contributed by atoms with Crippen molar-refractivity contribution in [3.63, 3.8) is 0 Å². The minimum Gasteiger partial charge on any atom is -0.353 e. The molecule has 1 atom stereocenters. The van der Waals surface area contributed by atoms with Gasteiger partial charge in [-0.3, -0.25) is 9.69 Å². The fraction of sp³-hybridized carbons (Fsp3) is 0.350. The highest BCUT2D eigenvalue weighted by atomic mass is 32.2. The molecular formula is C20H22F2N2OS. The van der Waals surface area contributed by atoms with Gasteiger partial charge in [-0.15, -0.1) is 11.8 Å². The van der Waals surface area contributed by atoms with Crippen LogP contribution >= 0.6 is 11.8 Å². The van der Waals surface area contributed by atoms with Crippen LogP contribution in [0.25, 0.3) is 0 Å². The molecule has 1 aliphatic heterocycles. The maximum Gasteiger partial charge on any atom is 0.230 e. The van der Waals surface area contributed by atoms with Crippen LogP contribution in [0.3, 0.4) is 0 Å². The van der Waals surface area contributed by atoms with E-state index in [9.17, 15) is 13.6 Å². The molecule has 3 rings (SSSR count). The molecular weight excluding hydrogens is 354 g/mol. The van der Waals surface area contributed by atoms with Gasteiger partial charge in [0.2, 0.25) is 5.91 Å². The minimum atomic E-state index is -0.895. The van der Waals surface area contributed by atoms with Gasteiger partial charge >= 0.3 is 0 Å². The third-order valence-electron chi connectivity index (χ3n) is 4.52. The van der Waals surface area contributed by atoms with Crippen LogP contribution in [0, 0.1) is 11.6 Å². The van der Waals surface area contributed by atoms with Crippen LogP contribution < -0.4 is 5.32 Å². The molecule has 1 saturated heterocycles. The Morgan fingerprint density at radius 1 is 1.08 bits per heavy atom. The number of thioether (sulfide) groups is 1. The predicted molar refractivity (Wildman–Crippen MR) is 100 cm³/mol. The lowest BCUT2D eigenvalue weighted by Gasteiger charge is -2.28. The van der Waals surface area contributed by atoms with E-state index < -0.39 is 11.6 Å². The quantitative estimate of drug-likeness (QED) is 0.741. The summed E-state index contributed by atoms with van der Waals surface area (Å²) >= 11 is 1.20. The first-order chi connectivity index (χ1) is 12.6. The lowest BCUT2D eigenvalue weighted by Crippen LogP contribution is -2.37. The Balaban J connectivity index is 1.54. The number of hydrogen-bond acceptors (Lipinski definition) is 3. The highest BCUT2D eigenvalue weighted by Crippen LogP contribution is 2.25. The smallest absolute Gasteiger partial charge is 0.230 e. The highest BCUT2D eigenvalue weighted by molar-refractivity contribution is 8.00. The number of halogens is 2. The summed E-state index contributed by atoms with van der Waals surface area (Å²) in [5, 5.41) is 2.99. The van der Waals surface area contributed by atoms with E-state index in [-0.39, 0.29) is 17.7 Å². The highest BCUT2D eigenvalue weighted by Gasteiger charge is 2.23. The summed E-state index contributed by atoms with van der Waals surface area (Å²) in [7, 11) is 0. The molecule has 0 saturated carbocycles. The van der Waals surface area contributed by atoms with E-state index in [4.69, 9.17) is 0 Å². The van der Waals surface area contributed by atoms with Gasteiger partial charge in [0.1, 0.15) is 0 Å². The van der Waals surface area contributed by atoms with Gasteiger partial charge < -0.3 is 5.32 Å². The summed E-state index contributed by atoms with van der Waals surface area (Å²) in [4.78, 5) is 15.1. The molecule has 138 valence electrons. The van der Waals surface area contributed by atoms with Crippen molar-refractivity contribution in [2.45, 2.75) is 23.8 Å². The Bertz CT molecular complexity index is 736. The van der Waals surface area contributed by atoms with E-state index in [1.165, 1.54) is 36.2 Å². The van der Waals surface area contributed by atoms with E-state index in [0.717, 1.165) is 25.2 Å². The van der Waals surface area contributed by atoms with Crippen molar-refractivity contribution in [2.75, 3.05) is 25.4 Å². The lowest BCUT2D eigenvalue weighted by molar-refractivity contribution is -0.118. The van der Waals surface area contributed by atoms with Crippen molar-refractivity contribution < 1.29 is 13.6 Å². The van der Waals surface area contributed by atoms with Crippen LogP contribution in [0.2, 0.25) is 0 Å². The summed E-state index contributed by atoms with van der Waals surface area (Å²) in [6.45, 7) is 2.62. The molecule has 1 heterocycles. The number of rotatable bonds is 7. The Morgan fingerprint density at radius 3 is 2.50 bits per heavy atom. The van der Waals surface area contributed by atoms with Crippen LogP contribution in [-0.4, -0.2) is 36.2 Å². The molecule has 1 fully saturated rings. The number of nitrogens with zero attached hydrogens (tertiary/aromatic N) is 1. The van der Waals surface area contributed by atoms with E-state index in [1.54, 1.807) is 0 Å². The second kappa shape index (κ2) is 9.14. The Labute approximate surface area is 156 Å². The first-order valence-corrected chi connectivity index (χ1v) is 9.75. The summed E-state index contributed by atoms with van der Waals surface area (Å²) in [6, 6.07) is 14.0. The summed E-state index contributed by atoms with van der Waals surface area (Å²) in [5.74, 6) is -1.71. The number of nitrogens with one attached hydrogen (secondary N) is 1. The molecule has 0 spiro atoms. The molecule has 1 amide bonds. The van der Waals surface area contributed by atoms with Crippen molar-refractivity contribution in [1.29, 1.82) is 0 Å². The molecule has 1 unspecified atom stereocenters. The van der Waals surface area contributed by atoms with Gasteiger partial charge in [-0.2, -0.15) is 0 Å². The van der Waals surface area contributed by atoms with Crippen LogP contribution in [-0.2, 0) is 4.79 Å². The average molecular weight is 376 g/mol. The zero-order chi connectivity index (χ0) is 18.4. The van der Waals surface area contributed by atoms with Gasteiger partial charge in [0.05, 0.1) is 11.8 Å². The molecule has 1 aliphatic rings. The third kappa shape index (κ3) is 5.05. The fourth-order valence-electron chi connectivity index (χ4n) is 3.16. The van der Waals surface area contributed by atoms with Gasteiger partial charge in [0, 0.05) is 11.4 Å². The van der Waals surface area contributed by atoms with E-state index in [0.29, 0.717) is 11.4 Å². The molecule has 0 aromatic heterocycles. The second-order valence-corrected chi connectivity index (χ2v) is 7.39. The van der Waals surface area contributed by atoms with E-state index in [2.05, 4.69) is 22.3 Å². The molecule has 0 bridgehead atoms. The molecule has 0 aliphatic carbocycles. The third-order valence-corrected chi connectivity index (χ3v) is 5.51. The fourth-order valence-corrected chi connectivity index (χ4v) is 3.91. The number of hydrogen-bond donors (Lipinski definition) is 1. The Kier molecular flexibility index (Phi) is 6.63. The largest absolute Gasteiger partial charge is 0.353 e. The number of carbonyl (C=O) groups is 1. The average Bonchev–Trinajstić information content (AvgIpc) is 3.18. The molecule has 0 radical (unpaired) electrons. The number of benzene rings is 2. The maximum atomic E-state index is 13.2. The van der Waals surface area contributed by atoms with Gasteiger partial charge in [-0.1, -0.05) is 30.3 Å². The molecule has 1 N–H and O–H groups in total. The van der Waals surface area contributed by atoms with Gasteiger partial charge in [-0.05, 0) is 49.7 Å². The van der Waals surface area contributed by atoms with Crippen LogP contribution in [0.15, 0.2) is 53.4 Å². The van der Waals surface area contributed by atoms with Crippen molar-refractivity contribution in [2.24, 2.45) is 0 Å². The van der Waals surface area contributed by atoms with Gasteiger partial charge in [-0.25, -0.2) is 8.78 Å². The molecule has 2 aromatic rings. The van der Waals surface area contributed by atoms with Crippen molar-refractivity contribution in [1.82, 2.24) is 10.2 Å². The lowest BCUT2D eigenvalue weighted by atomic mass is 10.1. The van der Waals surface area contributed by atoms with Crippen LogP contribution in [0.5, 0.6) is 0 Å². The summed E-state index contributed by atoms with van der Waals surface area (Å²) < 4.78 is 26.2. The number of carbonyl (C=O) groups excluding carboxylic acids is 1. The zero-order valence-electron chi connectivity index (χ0n) is 14.5. The first-order valence-electron chi connectivity index (χ1n) is 8.77. The summed E-state index contributed by atoms with van der Waals surface area (Å²) in [5.41, 5.74) is 1.20. The standard InChI is InChI=1S/C20H22F2N2OS/c21-17-9-8-16(12-18(17)22)26-14-20(25)23-13-19(24-10-4-5-11-24)15-6-2-1-3-7-15/h1-3,6-9,12,19H,4-5,10-11,13-14H2,(H,23,25). The summed E-state index contributed by atoms with van der Waals surface area (Å²) in [6.07, 6.45) is 2.37. The zero-order valence-corrected chi connectivity index (χ0v) is 15.3. The van der Waals surface area contributed by atoms with Gasteiger partial charge in [0.15, 0.2) is 11.6 Å². The van der Waals surface area contributed by atoms with Crippen LogP contribution in [0.1, 0.15) is 24.4 Å². The van der Waals surface area contributed by atoms with Crippen molar-refractivity contribution >= 4 is 17.7 Å². The Morgan fingerprint density at radius 2 is 1.81 bits per heavy atom. The predicted octanol–water partition coefficient (Wildman–Crippen LogP) is 4.01. The first kappa shape index (κ1) is 18.9. The maximum absolute atomic E-state index is 13.2. The number of amides is 1. The monoisotopic (exact) mass is 376 g/mol. The van der Waals surface area contributed by atoms with Crippen LogP contribution in [0.4, 0.5) is 8.78 Å². The molecule has 26 heavy (non-hydrogen) atoms. The topological polar surface area (TPSA) is 32.3 Å². The van der Waals surface area contributed by atoms with Crippen molar-refractivity contribution in [3.8, 4) is 0 Å². The number of likely N-dealkylation sites (tertiary alicyclic amines) is 1. The van der Waals surface area contributed by atoms with E-state index >= 15 is 0 Å². The molecule has 6 heteroatoms.